The molecule has 0 radical (unpaired) electrons. The lowest BCUT2D eigenvalue weighted by atomic mass is 9.49. The summed E-state index contributed by atoms with van der Waals surface area (Å²) in [5, 5.41) is 1.34. The molecular weight excluding hydrogens is 350 g/mol. The molecule has 152 valence electrons. The zero-order valence-corrected chi connectivity index (χ0v) is 18.1. The van der Waals surface area contributed by atoms with Gasteiger partial charge in [0.2, 0.25) is 0 Å². The highest BCUT2D eigenvalue weighted by Gasteiger charge is 2.54. The Morgan fingerprint density at radius 2 is 1.83 bits per heavy atom. The average Bonchev–Trinajstić information content (AvgIpc) is 3.10. The Morgan fingerprint density at radius 1 is 0.931 bits per heavy atom. The molecule has 1 aromatic heterocycles. The van der Waals surface area contributed by atoms with Crippen molar-refractivity contribution in [1.82, 2.24) is 4.98 Å². The Kier molecular flexibility index (Phi) is 4.19. The summed E-state index contributed by atoms with van der Waals surface area (Å²) in [4.78, 5) is 4.63. The van der Waals surface area contributed by atoms with Crippen LogP contribution in [-0.2, 0) is 0 Å². The zero-order chi connectivity index (χ0) is 19.6. The fourth-order valence-corrected chi connectivity index (χ4v) is 8.41. The third-order valence-electron chi connectivity index (χ3n) is 9.73. The first-order valence-corrected chi connectivity index (χ1v) is 12.2. The SMILES string of the molecule is C[C@H]1CC[C@H]2[C@@H](CC[C@@H]3[C@@H]2CC[C@]2(C)C(c4cccc5ncccc45)=CC[C@@H]32)C1. The summed E-state index contributed by atoms with van der Waals surface area (Å²) < 4.78 is 0. The largest absolute Gasteiger partial charge is 0.256 e. The predicted molar refractivity (Wildman–Crippen MR) is 121 cm³/mol. The number of rotatable bonds is 1. The molecule has 4 aliphatic rings. The maximum atomic E-state index is 4.63. The lowest BCUT2D eigenvalue weighted by Gasteiger charge is -2.56. The third-order valence-corrected chi connectivity index (χ3v) is 9.73. The van der Waals surface area contributed by atoms with E-state index in [9.17, 15) is 0 Å². The summed E-state index contributed by atoms with van der Waals surface area (Å²) in [6.45, 7) is 5.10. The van der Waals surface area contributed by atoms with Gasteiger partial charge in [-0.1, -0.05) is 44.5 Å². The molecule has 1 nitrogen and oxygen atoms in total. The first-order valence-electron chi connectivity index (χ1n) is 12.2. The molecule has 0 unspecified atom stereocenters. The number of hydrogen-bond donors (Lipinski definition) is 0. The molecule has 6 rings (SSSR count). The number of allylic oxidation sites excluding steroid dienone is 2. The Labute approximate surface area is 176 Å². The topological polar surface area (TPSA) is 12.9 Å². The van der Waals surface area contributed by atoms with Crippen molar-refractivity contribution in [3.8, 4) is 0 Å². The van der Waals surface area contributed by atoms with Crippen LogP contribution in [0.2, 0.25) is 0 Å². The van der Waals surface area contributed by atoms with Crippen LogP contribution in [0.25, 0.3) is 16.5 Å². The average molecular weight is 386 g/mol. The summed E-state index contributed by atoms with van der Waals surface area (Å²) in [6.07, 6.45) is 16.2. The molecule has 0 saturated heterocycles. The second-order valence-corrected chi connectivity index (χ2v) is 11.0. The van der Waals surface area contributed by atoms with Crippen LogP contribution in [0.1, 0.15) is 70.8 Å². The van der Waals surface area contributed by atoms with Gasteiger partial charge in [-0.3, -0.25) is 4.98 Å². The quantitative estimate of drug-likeness (QED) is 0.495. The molecule has 1 heteroatoms. The van der Waals surface area contributed by atoms with Gasteiger partial charge in [0, 0.05) is 11.6 Å². The first kappa shape index (κ1) is 18.2. The molecule has 0 spiro atoms. The van der Waals surface area contributed by atoms with Crippen LogP contribution < -0.4 is 0 Å². The van der Waals surface area contributed by atoms with Crippen LogP contribution in [0.15, 0.2) is 42.6 Å². The molecular formula is C28H35N. The van der Waals surface area contributed by atoms with Crippen LogP contribution in [0.4, 0.5) is 0 Å². The smallest absolute Gasteiger partial charge is 0.0708 e. The van der Waals surface area contributed by atoms with Crippen LogP contribution in [0.3, 0.4) is 0 Å². The Balaban J connectivity index is 1.33. The van der Waals surface area contributed by atoms with E-state index in [1.165, 1.54) is 62.3 Å². The van der Waals surface area contributed by atoms with Crippen molar-refractivity contribution in [3.63, 3.8) is 0 Å². The van der Waals surface area contributed by atoms with Crippen molar-refractivity contribution < 1.29 is 0 Å². The van der Waals surface area contributed by atoms with Gasteiger partial charge in [-0.25, -0.2) is 0 Å². The minimum absolute atomic E-state index is 0.361. The van der Waals surface area contributed by atoms with Crippen molar-refractivity contribution in [2.24, 2.45) is 40.9 Å². The van der Waals surface area contributed by atoms with Gasteiger partial charge >= 0.3 is 0 Å². The van der Waals surface area contributed by atoms with Crippen LogP contribution in [0, 0.1) is 40.9 Å². The number of benzene rings is 1. The molecule has 7 atom stereocenters. The standard InChI is InChI=1S/C28H35N/c1-18-8-10-20-19(17-18)9-11-23-21(20)14-15-28(2)25(12-13-26(23)28)22-5-3-7-27-24(22)6-4-16-29-27/h3-7,12,16,18-21,23,26H,8-11,13-15,17H2,1-2H3/t18-,19-,20-,21+,23+,26-,28+/m0/s1. The summed E-state index contributed by atoms with van der Waals surface area (Å²) >= 11 is 0. The molecule has 3 saturated carbocycles. The number of pyridine rings is 1. The summed E-state index contributed by atoms with van der Waals surface area (Å²) in [6, 6.07) is 11.1. The van der Waals surface area contributed by atoms with E-state index in [0.29, 0.717) is 5.41 Å². The molecule has 0 aliphatic heterocycles. The van der Waals surface area contributed by atoms with E-state index in [1.807, 2.05) is 6.20 Å². The van der Waals surface area contributed by atoms with Crippen LogP contribution in [0.5, 0.6) is 0 Å². The molecule has 0 N–H and O–H groups in total. The van der Waals surface area contributed by atoms with Crippen molar-refractivity contribution >= 4 is 16.5 Å². The molecule has 1 aromatic carbocycles. The number of nitrogens with zero attached hydrogens (tertiary/aromatic N) is 1. The van der Waals surface area contributed by atoms with E-state index in [1.54, 1.807) is 5.57 Å². The van der Waals surface area contributed by atoms with Gasteiger partial charge in [-0.2, -0.15) is 0 Å². The lowest BCUT2D eigenvalue weighted by Crippen LogP contribution is -2.47. The van der Waals surface area contributed by atoms with Gasteiger partial charge in [0.25, 0.3) is 0 Å². The Hall–Kier alpha value is -1.63. The maximum Gasteiger partial charge on any atom is 0.0708 e. The lowest BCUT2D eigenvalue weighted by molar-refractivity contribution is -0.0442. The van der Waals surface area contributed by atoms with E-state index < -0.39 is 0 Å². The molecule has 2 aromatic rings. The fourth-order valence-electron chi connectivity index (χ4n) is 8.41. The monoisotopic (exact) mass is 385 g/mol. The van der Waals surface area contributed by atoms with Gasteiger partial charge in [0.15, 0.2) is 0 Å². The van der Waals surface area contributed by atoms with Crippen molar-refractivity contribution in [2.75, 3.05) is 0 Å². The van der Waals surface area contributed by atoms with Gasteiger partial charge in [-0.05, 0) is 109 Å². The van der Waals surface area contributed by atoms with Crippen molar-refractivity contribution in [1.29, 1.82) is 0 Å². The number of aromatic nitrogens is 1. The van der Waals surface area contributed by atoms with E-state index in [2.05, 4.69) is 55.2 Å². The van der Waals surface area contributed by atoms with Gasteiger partial charge in [0.05, 0.1) is 5.52 Å². The summed E-state index contributed by atoms with van der Waals surface area (Å²) in [5.74, 6) is 5.90. The van der Waals surface area contributed by atoms with Crippen molar-refractivity contribution in [3.05, 3.63) is 48.2 Å². The van der Waals surface area contributed by atoms with E-state index in [4.69, 9.17) is 0 Å². The maximum absolute atomic E-state index is 4.63. The number of fused-ring (bicyclic) bond motifs is 6. The van der Waals surface area contributed by atoms with Crippen molar-refractivity contribution in [2.45, 2.75) is 65.2 Å². The van der Waals surface area contributed by atoms with Crippen LogP contribution >= 0.6 is 0 Å². The highest BCUT2D eigenvalue weighted by atomic mass is 14.6. The second kappa shape index (κ2) is 6.69. The van der Waals surface area contributed by atoms with E-state index in [0.717, 1.165) is 41.0 Å². The molecule has 29 heavy (non-hydrogen) atoms. The van der Waals surface area contributed by atoms with Gasteiger partial charge in [-0.15, -0.1) is 0 Å². The van der Waals surface area contributed by atoms with Gasteiger partial charge in [0.1, 0.15) is 0 Å². The van der Waals surface area contributed by atoms with Crippen LogP contribution in [-0.4, -0.2) is 4.98 Å². The minimum atomic E-state index is 0.361. The first-order chi connectivity index (χ1) is 14.1. The third kappa shape index (κ3) is 2.69. The molecule has 1 heterocycles. The Morgan fingerprint density at radius 3 is 2.76 bits per heavy atom. The highest BCUT2D eigenvalue weighted by Crippen LogP contribution is 2.64. The molecule has 0 bridgehead atoms. The Bertz CT molecular complexity index is 952. The summed E-state index contributed by atoms with van der Waals surface area (Å²) in [5.41, 5.74) is 4.60. The normalized spacial score (nSPS) is 41.4. The van der Waals surface area contributed by atoms with E-state index >= 15 is 0 Å². The van der Waals surface area contributed by atoms with Gasteiger partial charge < -0.3 is 0 Å². The minimum Gasteiger partial charge on any atom is -0.256 e. The fraction of sp³-hybridized carbons (Fsp3) is 0.607. The molecule has 3 fully saturated rings. The molecule has 4 aliphatic carbocycles. The highest BCUT2D eigenvalue weighted by molar-refractivity contribution is 5.93. The predicted octanol–water partition coefficient (Wildman–Crippen LogP) is 7.52. The zero-order valence-electron chi connectivity index (χ0n) is 18.1. The summed E-state index contributed by atoms with van der Waals surface area (Å²) in [7, 11) is 0. The molecule has 0 amide bonds. The second-order valence-electron chi connectivity index (χ2n) is 11.0. The number of hydrogen-bond acceptors (Lipinski definition) is 1. The van der Waals surface area contributed by atoms with E-state index in [-0.39, 0.29) is 0 Å².